The molecular weight excluding hydrogens is 366 g/mol. The zero-order valence-corrected chi connectivity index (χ0v) is 16.8. The van der Waals surface area contributed by atoms with Crippen molar-refractivity contribution in [1.29, 1.82) is 0 Å². The summed E-state index contributed by atoms with van der Waals surface area (Å²) >= 11 is 3.08. The maximum absolute atomic E-state index is 12.5. The summed E-state index contributed by atoms with van der Waals surface area (Å²) in [6.07, 6.45) is 0. The molecule has 7 heteroatoms. The van der Waals surface area contributed by atoms with E-state index in [-0.39, 0.29) is 18.0 Å². The minimum atomic E-state index is 0.0154. The van der Waals surface area contributed by atoms with Crippen LogP contribution in [-0.4, -0.2) is 53.9 Å². The Morgan fingerprint density at radius 1 is 1.35 bits per heavy atom. The van der Waals surface area contributed by atoms with Gasteiger partial charge in [0.1, 0.15) is 0 Å². The molecule has 2 aromatic rings. The molecule has 1 aromatic heterocycles. The Hall–Kier alpha value is -1.41. The molecule has 1 aliphatic rings. The Labute approximate surface area is 163 Å². The Balaban J connectivity index is 1.62. The number of nitrogens with one attached hydrogen (secondary N) is 1. The highest BCUT2D eigenvalue weighted by Gasteiger charge is 2.28. The number of amides is 1. The number of thioether (sulfide) groups is 1. The van der Waals surface area contributed by atoms with Crippen LogP contribution >= 0.6 is 23.1 Å². The van der Waals surface area contributed by atoms with Crippen LogP contribution in [0.15, 0.2) is 40.1 Å². The molecule has 3 rings (SSSR count). The van der Waals surface area contributed by atoms with Gasteiger partial charge in [0.05, 0.1) is 25.0 Å². The fourth-order valence-corrected chi connectivity index (χ4v) is 4.88. The van der Waals surface area contributed by atoms with Gasteiger partial charge in [-0.3, -0.25) is 9.69 Å². The van der Waals surface area contributed by atoms with E-state index >= 15 is 0 Å². The van der Waals surface area contributed by atoms with E-state index in [2.05, 4.69) is 46.4 Å². The Morgan fingerprint density at radius 3 is 2.73 bits per heavy atom. The predicted molar refractivity (Wildman–Crippen MR) is 107 cm³/mol. The lowest BCUT2D eigenvalue weighted by molar-refractivity contribution is -0.119. The number of nitrogens with zero attached hydrogens (tertiary/aromatic N) is 2. The van der Waals surface area contributed by atoms with Crippen LogP contribution in [0.3, 0.4) is 0 Å². The van der Waals surface area contributed by atoms with Gasteiger partial charge in [0.2, 0.25) is 5.91 Å². The predicted octanol–water partition coefficient (Wildman–Crippen LogP) is 3.12. The third-order valence-electron chi connectivity index (χ3n) is 4.37. The molecule has 1 aromatic carbocycles. The molecular formula is C19H25N3O2S2. The van der Waals surface area contributed by atoms with Gasteiger partial charge in [-0.25, -0.2) is 4.98 Å². The van der Waals surface area contributed by atoms with Crippen LogP contribution in [0.4, 0.5) is 0 Å². The van der Waals surface area contributed by atoms with E-state index in [9.17, 15) is 4.79 Å². The fourth-order valence-electron chi connectivity index (χ4n) is 3.22. The van der Waals surface area contributed by atoms with Crippen molar-refractivity contribution < 1.29 is 9.53 Å². The highest BCUT2D eigenvalue weighted by atomic mass is 32.2. The summed E-state index contributed by atoms with van der Waals surface area (Å²) < 4.78 is 6.44. The Kier molecular flexibility index (Phi) is 7.07. The van der Waals surface area contributed by atoms with Crippen molar-refractivity contribution in [2.75, 3.05) is 32.1 Å². The second-order valence-electron chi connectivity index (χ2n) is 6.40. The maximum atomic E-state index is 12.5. The number of carbonyl (C=O) groups excluding carboxylic acids is 1. The van der Waals surface area contributed by atoms with Crippen LogP contribution in [0.1, 0.15) is 24.2 Å². The number of hydrogen-bond acceptors (Lipinski definition) is 6. The number of benzene rings is 1. The quantitative estimate of drug-likeness (QED) is 0.735. The molecule has 2 heterocycles. The normalized spacial score (nSPS) is 17.6. The topological polar surface area (TPSA) is 54.5 Å². The second-order valence-corrected chi connectivity index (χ2v) is 8.48. The van der Waals surface area contributed by atoms with E-state index in [0.717, 1.165) is 36.3 Å². The lowest BCUT2D eigenvalue weighted by Gasteiger charge is -2.38. The molecule has 0 unspecified atom stereocenters. The molecule has 0 aliphatic carbocycles. The van der Waals surface area contributed by atoms with E-state index < -0.39 is 0 Å². The molecule has 0 radical (unpaired) electrons. The van der Waals surface area contributed by atoms with Crippen molar-refractivity contribution >= 4 is 29.0 Å². The van der Waals surface area contributed by atoms with Crippen LogP contribution in [0.25, 0.3) is 0 Å². The summed E-state index contributed by atoms with van der Waals surface area (Å²) in [6, 6.07) is 10.6. The van der Waals surface area contributed by atoms with Crippen LogP contribution in [0.2, 0.25) is 0 Å². The van der Waals surface area contributed by atoms with Gasteiger partial charge in [-0.05, 0) is 19.4 Å². The number of morpholine rings is 1. The summed E-state index contributed by atoms with van der Waals surface area (Å²) in [5, 5.41) is 5.19. The van der Waals surface area contributed by atoms with E-state index in [1.54, 1.807) is 11.3 Å². The highest BCUT2D eigenvalue weighted by molar-refractivity contribution is 8.01. The SMILES string of the molecule is Cc1csc(SCC(=O)N[C@@H](C)[C@@H](c2ccccc2)N2CCOCC2)n1. The van der Waals surface area contributed by atoms with Gasteiger partial charge in [0, 0.05) is 30.2 Å². The zero-order valence-electron chi connectivity index (χ0n) is 15.2. The molecule has 1 saturated heterocycles. The molecule has 5 nitrogen and oxygen atoms in total. The smallest absolute Gasteiger partial charge is 0.230 e. The average molecular weight is 392 g/mol. The van der Waals surface area contributed by atoms with Gasteiger partial charge < -0.3 is 10.1 Å². The van der Waals surface area contributed by atoms with Gasteiger partial charge in [-0.1, -0.05) is 42.1 Å². The second kappa shape index (κ2) is 9.50. The van der Waals surface area contributed by atoms with Gasteiger partial charge in [-0.2, -0.15) is 0 Å². The van der Waals surface area contributed by atoms with Crippen LogP contribution in [0, 0.1) is 6.92 Å². The van der Waals surface area contributed by atoms with Crippen LogP contribution in [0.5, 0.6) is 0 Å². The third-order valence-corrected chi connectivity index (χ3v) is 6.51. The minimum Gasteiger partial charge on any atom is -0.379 e. The number of rotatable bonds is 7. The van der Waals surface area contributed by atoms with Crippen molar-refractivity contribution in [1.82, 2.24) is 15.2 Å². The highest BCUT2D eigenvalue weighted by Crippen LogP contribution is 2.26. The number of ether oxygens (including phenoxy) is 1. The van der Waals surface area contributed by atoms with Crippen LogP contribution in [-0.2, 0) is 9.53 Å². The number of aromatic nitrogens is 1. The molecule has 140 valence electrons. The van der Waals surface area contributed by atoms with Crippen LogP contribution < -0.4 is 5.32 Å². The first-order valence-electron chi connectivity index (χ1n) is 8.84. The first kappa shape index (κ1) is 19.4. The molecule has 1 fully saturated rings. The number of thiazole rings is 1. The standard InChI is InChI=1S/C19H25N3O2S2/c1-14-12-25-19(20-14)26-13-17(23)21-15(2)18(16-6-4-3-5-7-16)22-8-10-24-11-9-22/h3-7,12,15,18H,8-11,13H2,1-2H3,(H,21,23)/t15-,18-/m0/s1. The summed E-state index contributed by atoms with van der Waals surface area (Å²) in [4.78, 5) is 19.3. The first-order valence-corrected chi connectivity index (χ1v) is 10.7. The van der Waals surface area contributed by atoms with Gasteiger partial charge in [0.15, 0.2) is 4.34 Å². The minimum absolute atomic E-state index is 0.0154. The third kappa shape index (κ3) is 5.30. The lowest BCUT2D eigenvalue weighted by Crippen LogP contribution is -2.48. The monoisotopic (exact) mass is 391 g/mol. The summed E-state index contributed by atoms with van der Waals surface area (Å²) in [7, 11) is 0. The Bertz CT molecular complexity index is 702. The number of carbonyl (C=O) groups is 1. The summed E-state index contributed by atoms with van der Waals surface area (Å²) in [6.45, 7) is 7.30. The van der Waals surface area contributed by atoms with Crippen molar-refractivity contribution in [2.24, 2.45) is 0 Å². The van der Waals surface area contributed by atoms with E-state index in [0.29, 0.717) is 5.75 Å². The van der Waals surface area contributed by atoms with Crippen molar-refractivity contribution in [2.45, 2.75) is 30.3 Å². The van der Waals surface area contributed by atoms with Crippen molar-refractivity contribution in [3.05, 3.63) is 47.0 Å². The summed E-state index contributed by atoms with van der Waals surface area (Å²) in [5.41, 5.74) is 2.23. The molecule has 1 aliphatic heterocycles. The van der Waals surface area contributed by atoms with Crippen molar-refractivity contribution in [3.8, 4) is 0 Å². The van der Waals surface area contributed by atoms with E-state index in [4.69, 9.17) is 4.74 Å². The zero-order chi connectivity index (χ0) is 18.4. The Morgan fingerprint density at radius 2 is 2.08 bits per heavy atom. The molecule has 1 amide bonds. The molecule has 0 bridgehead atoms. The fraction of sp³-hybridized carbons (Fsp3) is 0.474. The molecule has 0 spiro atoms. The molecule has 1 N–H and O–H groups in total. The largest absolute Gasteiger partial charge is 0.379 e. The summed E-state index contributed by atoms with van der Waals surface area (Å²) in [5.74, 6) is 0.437. The molecule has 26 heavy (non-hydrogen) atoms. The average Bonchev–Trinajstić information content (AvgIpc) is 3.07. The van der Waals surface area contributed by atoms with Crippen molar-refractivity contribution in [3.63, 3.8) is 0 Å². The maximum Gasteiger partial charge on any atom is 0.230 e. The van der Waals surface area contributed by atoms with Gasteiger partial charge in [0.25, 0.3) is 0 Å². The molecule has 0 saturated carbocycles. The first-order chi connectivity index (χ1) is 12.6. The number of hydrogen-bond donors (Lipinski definition) is 1. The van der Waals surface area contributed by atoms with Gasteiger partial charge in [-0.15, -0.1) is 11.3 Å². The lowest BCUT2D eigenvalue weighted by atomic mass is 9.98. The van der Waals surface area contributed by atoms with E-state index in [1.807, 2.05) is 18.4 Å². The van der Waals surface area contributed by atoms with E-state index in [1.165, 1.54) is 17.3 Å². The molecule has 2 atom stereocenters. The van der Waals surface area contributed by atoms with Gasteiger partial charge >= 0.3 is 0 Å². The number of aryl methyl sites for hydroxylation is 1.